The summed E-state index contributed by atoms with van der Waals surface area (Å²) in [7, 11) is 0. The second kappa shape index (κ2) is 7.78. The summed E-state index contributed by atoms with van der Waals surface area (Å²) in [6.45, 7) is 3.59. The fourth-order valence-corrected chi connectivity index (χ4v) is 3.02. The average molecular weight is 356 g/mol. The fraction of sp³-hybridized carbons (Fsp3) is 0.333. The molecule has 1 atom stereocenters. The van der Waals surface area contributed by atoms with Crippen LogP contribution in [0.15, 0.2) is 39.5 Å². The highest BCUT2D eigenvalue weighted by Gasteiger charge is 2.07. The molecule has 1 aromatic carbocycles. The van der Waals surface area contributed by atoms with Crippen molar-refractivity contribution in [1.29, 1.82) is 0 Å². The van der Waals surface area contributed by atoms with Crippen LogP contribution in [0.4, 0.5) is 0 Å². The molecule has 108 valence electrons. The summed E-state index contributed by atoms with van der Waals surface area (Å²) >= 11 is 5.13. The molecular formula is C15H18BrNO2S. The van der Waals surface area contributed by atoms with Crippen LogP contribution in [-0.4, -0.2) is 24.4 Å². The number of aryl methyl sites for hydroxylation is 1. The Kier molecular flexibility index (Phi) is 6.04. The van der Waals surface area contributed by atoms with Crippen molar-refractivity contribution in [1.82, 2.24) is 5.32 Å². The topological polar surface area (TPSA) is 41.5 Å². The normalized spacial score (nSPS) is 12.3. The summed E-state index contributed by atoms with van der Waals surface area (Å²) in [5.41, 5.74) is 2.41. The number of aliphatic hydroxyl groups is 1. The van der Waals surface area contributed by atoms with Gasteiger partial charge in [0.25, 0.3) is 0 Å². The molecule has 0 aliphatic carbocycles. The van der Waals surface area contributed by atoms with Gasteiger partial charge in [-0.05, 0) is 62.9 Å². The number of hydrogen-bond donors (Lipinski definition) is 2. The predicted octanol–water partition coefficient (Wildman–Crippen LogP) is 3.35. The maximum absolute atomic E-state index is 9.88. The molecule has 0 saturated carbocycles. The van der Waals surface area contributed by atoms with E-state index in [0.29, 0.717) is 6.54 Å². The van der Waals surface area contributed by atoms with Crippen LogP contribution >= 0.6 is 27.3 Å². The van der Waals surface area contributed by atoms with E-state index in [9.17, 15) is 5.11 Å². The van der Waals surface area contributed by atoms with Crippen LogP contribution in [0.5, 0.6) is 5.75 Å². The molecule has 1 heterocycles. The molecule has 20 heavy (non-hydrogen) atoms. The Morgan fingerprint density at radius 1 is 1.40 bits per heavy atom. The second-order valence-electron chi connectivity index (χ2n) is 4.66. The van der Waals surface area contributed by atoms with Gasteiger partial charge in [0, 0.05) is 13.1 Å². The highest BCUT2D eigenvalue weighted by molar-refractivity contribution is 9.10. The maximum Gasteiger partial charge on any atom is 0.133 e. The van der Waals surface area contributed by atoms with Gasteiger partial charge in [-0.2, -0.15) is 11.3 Å². The van der Waals surface area contributed by atoms with Crippen LogP contribution < -0.4 is 10.1 Å². The van der Waals surface area contributed by atoms with Gasteiger partial charge in [0.1, 0.15) is 18.5 Å². The number of ether oxygens (including phenoxy) is 1. The van der Waals surface area contributed by atoms with Crippen molar-refractivity contribution in [2.24, 2.45) is 0 Å². The summed E-state index contributed by atoms with van der Waals surface area (Å²) in [6, 6.07) is 7.96. The molecule has 0 aliphatic heterocycles. The summed E-state index contributed by atoms with van der Waals surface area (Å²) in [5.74, 6) is 0.757. The number of thiophene rings is 1. The van der Waals surface area contributed by atoms with E-state index in [1.165, 1.54) is 11.1 Å². The Bertz CT molecular complexity index is 531. The molecule has 3 nitrogen and oxygen atoms in total. The Hall–Kier alpha value is -0.880. The standard InChI is InChI=1S/C15H18BrNO2S/c1-11-2-3-15(14(16)6-11)19-9-13(18)8-17-7-12-4-5-20-10-12/h2-6,10,13,17-18H,7-9H2,1H3. The Labute approximate surface area is 131 Å². The highest BCUT2D eigenvalue weighted by Crippen LogP contribution is 2.25. The lowest BCUT2D eigenvalue weighted by Gasteiger charge is -2.14. The van der Waals surface area contributed by atoms with Crippen molar-refractivity contribution in [3.05, 3.63) is 50.6 Å². The van der Waals surface area contributed by atoms with E-state index in [2.05, 4.69) is 32.7 Å². The van der Waals surface area contributed by atoms with Crippen molar-refractivity contribution < 1.29 is 9.84 Å². The van der Waals surface area contributed by atoms with Crippen LogP contribution in [-0.2, 0) is 6.54 Å². The van der Waals surface area contributed by atoms with Crippen molar-refractivity contribution in [3.63, 3.8) is 0 Å². The van der Waals surface area contributed by atoms with Gasteiger partial charge in [0.15, 0.2) is 0 Å². The molecule has 0 saturated heterocycles. The molecule has 0 amide bonds. The molecule has 1 unspecified atom stereocenters. The molecule has 5 heteroatoms. The molecule has 0 spiro atoms. The Morgan fingerprint density at radius 2 is 2.25 bits per heavy atom. The highest BCUT2D eigenvalue weighted by atomic mass is 79.9. The molecule has 0 bridgehead atoms. The van der Waals surface area contributed by atoms with Gasteiger partial charge in [-0.25, -0.2) is 0 Å². The zero-order valence-electron chi connectivity index (χ0n) is 11.3. The number of hydrogen-bond acceptors (Lipinski definition) is 4. The first kappa shape index (κ1) is 15.5. The van der Waals surface area contributed by atoms with Gasteiger partial charge in [0.05, 0.1) is 4.47 Å². The molecule has 0 aliphatic rings. The van der Waals surface area contributed by atoms with Gasteiger partial charge < -0.3 is 15.2 Å². The van der Waals surface area contributed by atoms with E-state index >= 15 is 0 Å². The minimum atomic E-state index is -0.526. The van der Waals surface area contributed by atoms with Gasteiger partial charge in [-0.1, -0.05) is 6.07 Å². The van der Waals surface area contributed by atoms with E-state index < -0.39 is 6.10 Å². The van der Waals surface area contributed by atoms with E-state index in [1.54, 1.807) is 11.3 Å². The minimum absolute atomic E-state index is 0.276. The first-order valence-corrected chi connectivity index (χ1v) is 8.17. The summed E-state index contributed by atoms with van der Waals surface area (Å²) in [6.07, 6.45) is -0.526. The number of halogens is 1. The third-order valence-corrected chi connectivity index (χ3v) is 4.16. The largest absolute Gasteiger partial charge is 0.490 e. The fourth-order valence-electron chi connectivity index (χ4n) is 1.74. The summed E-state index contributed by atoms with van der Waals surface area (Å²) in [4.78, 5) is 0. The smallest absolute Gasteiger partial charge is 0.133 e. The third-order valence-electron chi connectivity index (χ3n) is 2.81. The van der Waals surface area contributed by atoms with Gasteiger partial charge in [-0.15, -0.1) is 0 Å². The quantitative estimate of drug-likeness (QED) is 0.800. The van der Waals surface area contributed by atoms with Crippen molar-refractivity contribution in [2.75, 3.05) is 13.2 Å². The molecule has 2 rings (SSSR count). The second-order valence-corrected chi connectivity index (χ2v) is 6.30. The number of nitrogens with one attached hydrogen (secondary N) is 1. The first-order valence-electron chi connectivity index (χ1n) is 6.44. The lowest BCUT2D eigenvalue weighted by atomic mass is 10.2. The van der Waals surface area contributed by atoms with Crippen LogP contribution in [0.2, 0.25) is 0 Å². The van der Waals surface area contributed by atoms with Crippen molar-refractivity contribution in [3.8, 4) is 5.75 Å². The van der Waals surface area contributed by atoms with Crippen molar-refractivity contribution >= 4 is 27.3 Å². The van der Waals surface area contributed by atoms with E-state index in [-0.39, 0.29) is 6.61 Å². The molecule has 0 fully saturated rings. The summed E-state index contributed by atoms with van der Waals surface area (Å²) in [5, 5.41) is 17.2. The monoisotopic (exact) mass is 355 g/mol. The van der Waals surface area contributed by atoms with E-state index in [0.717, 1.165) is 16.8 Å². The van der Waals surface area contributed by atoms with Gasteiger partial charge >= 0.3 is 0 Å². The molecule has 0 radical (unpaired) electrons. The van der Waals surface area contributed by atoms with Crippen LogP contribution in [0, 0.1) is 6.92 Å². The van der Waals surface area contributed by atoms with Crippen LogP contribution in [0.25, 0.3) is 0 Å². The SMILES string of the molecule is Cc1ccc(OCC(O)CNCc2ccsc2)c(Br)c1. The van der Waals surface area contributed by atoms with E-state index in [1.807, 2.05) is 30.5 Å². The van der Waals surface area contributed by atoms with Crippen LogP contribution in [0.1, 0.15) is 11.1 Å². The maximum atomic E-state index is 9.88. The number of rotatable bonds is 7. The Morgan fingerprint density at radius 3 is 2.95 bits per heavy atom. The number of benzene rings is 1. The first-order chi connectivity index (χ1) is 9.65. The lowest BCUT2D eigenvalue weighted by molar-refractivity contribution is 0.106. The zero-order valence-corrected chi connectivity index (χ0v) is 13.7. The molecule has 2 N–H and O–H groups in total. The van der Waals surface area contributed by atoms with E-state index in [4.69, 9.17) is 4.74 Å². The average Bonchev–Trinajstić information content (AvgIpc) is 2.91. The van der Waals surface area contributed by atoms with Gasteiger partial charge in [0.2, 0.25) is 0 Å². The molecular weight excluding hydrogens is 338 g/mol. The van der Waals surface area contributed by atoms with Crippen LogP contribution in [0.3, 0.4) is 0 Å². The van der Waals surface area contributed by atoms with Gasteiger partial charge in [-0.3, -0.25) is 0 Å². The molecule has 2 aromatic rings. The van der Waals surface area contributed by atoms with Crippen molar-refractivity contribution in [2.45, 2.75) is 19.6 Å². The summed E-state index contributed by atoms with van der Waals surface area (Å²) < 4.78 is 6.52. The Balaban J connectivity index is 1.70. The predicted molar refractivity (Wildman–Crippen MR) is 86.4 cm³/mol. The minimum Gasteiger partial charge on any atom is -0.490 e. The zero-order chi connectivity index (χ0) is 14.4. The molecule has 1 aromatic heterocycles. The third kappa shape index (κ3) is 4.90. The lowest BCUT2D eigenvalue weighted by Crippen LogP contribution is -2.31. The number of aliphatic hydroxyl groups excluding tert-OH is 1.